The van der Waals surface area contributed by atoms with Crippen molar-refractivity contribution in [3.05, 3.63) is 53.7 Å². The monoisotopic (exact) mass is 595 g/mol. The van der Waals surface area contributed by atoms with E-state index in [1.807, 2.05) is 31.3 Å². The number of halogens is 1. The number of benzene rings is 2. The maximum atomic E-state index is 12.8. The van der Waals surface area contributed by atoms with Gasteiger partial charge in [0.2, 0.25) is 5.95 Å². The zero-order valence-electron chi connectivity index (χ0n) is 24.9. The Morgan fingerprint density at radius 3 is 2.37 bits per heavy atom. The van der Waals surface area contributed by atoms with Gasteiger partial charge >= 0.3 is 0 Å². The number of aromatic nitrogens is 2. The fraction of sp³-hybridized carbons (Fsp3) is 0.484. The van der Waals surface area contributed by atoms with E-state index in [9.17, 15) is 4.57 Å². The van der Waals surface area contributed by atoms with E-state index >= 15 is 0 Å². The van der Waals surface area contributed by atoms with Gasteiger partial charge in [0.05, 0.1) is 23.3 Å². The Morgan fingerprint density at radius 2 is 1.71 bits per heavy atom. The SMILES string of the molecule is CNc1cc(Nc2ncc(Cl)c(Nc3ccccc3P(C)(C)=O)n2)ccc1N1CCC2(CCC(N(C)C)CC2)CC1. The van der Waals surface area contributed by atoms with Gasteiger partial charge < -0.3 is 30.3 Å². The molecule has 1 aromatic heterocycles. The van der Waals surface area contributed by atoms with Crippen LogP contribution in [-0.2, 0) is 4.57 Å². The summed E-state index contributed by atoms with van der Waals surface area (Å²) in [5, 5.41) is 11.1. The van der Waals surface area contributed by atoms with Gasteiger partial charge in [-0.25, -0.2) is 4.98 Å². The van der Waals surface area contributed by atoms with Gasteiger partial charge in [-0.2, -0.15) is 4.98 Å². The van der Waals surface area contributed by atoms with Crippen molar-refractivity contribution in [2.24, 2.45) is 5.41 Å². The molecule has 2 fully saturated rings. The number of anilines is 6. The molecule has 0 unspecified atom stereocenters. The third kappa shape index (κ3) is 6.82. The summed E-state index contributed by atoms with van der Waals surface area (Å²) in [6.45, 7) is 5.69. The van der Waals surface area contributed by atoms with Crippen LogP contribution < -0.4 is 26.2 Å². The standard InChI is InChI=1S/C31H43ClN7OP/c1-33-26-20-22(10-11-27(26)39-18-16-31(17-19-39)14-12-23(13-15-31)38(2)3)35-30-34-21-24(32)29(37-30)36-25-8-6-7-9-28(25)41(4,5)40/h6-11,20-21,23,33H,12-19H2,1-5H3,(H2,34,35,36,37). The van der Waals surface area contributed by atoms with Crippen molar-refractivity contribution in [2.45, 2.75) is 44.6 Å². The molecule has 220 valence electrons. The first-order chi connectivity index (χ1) is 19.6. The van der Waals surface area contributed by atoms with Crippen LogP contribution in [0.25, 0.3) is 0 Å². The molecule has 2 aromatic carbocycles. The lowest BCUT2D eigenvalue weighted by Gasteiger charge is -2.47. The molecule has 0 amide bonds. The van der Waals surface area contributed by atoms with Gasteiger partial charge in [-0.15, -0.1) is 0 Å². The minimum atomic E-state index is -2.49. The van der Waals surface area contributed by atoms with Crippen molar-refractivity contribution in [3.63, 3.8) is 0 Å². The Labute approximate surface area is 249 Å². The number of hydrogen-bond donors (Lipinski definition) is 3. The van der Waals surface area contributed by atoms with E-state index in [0.717, 1.165) is 41.5 Å². The lowest BCUT2D eigenvalue weighted by Crippen LogP contribution is -2.44. The maximum absolute atomic E-state index is 12.8. The predicted octanol–water partition coefficient (Wildman–Crippen LogP) is 7.00. The summed E-state index contributed by atoms with van der Waals surface area (Å²) in [5.74, 6) is 0.881. The molecule has 1 saturated heterocycles. The van der Waals surface area contributed by atoms with Crippen molar-refractivity contribution in [1.29, 1.82) is 0 Å². The van der Waals surface area contributed by atoms with Crippen molar-refractivity contribution < 1.29 is 4.57 Å². The van der Waals surface area contributed by atoms with Gasteiger partial charge in [-0.05, 0) is 102 Å². The molecule has 0 radical (unpaired) electrons. The molecule has 2 aliphatic rings. The molecule has 3 aromatic rings. The van der Waals surface area contributed by atoms with Crippen molar-refractivity contribution in [1.82, 2.24) is 14.9 Å². The Bertz CT molecular complexity index is 1410. The Morgan fingerprint density at radius 1 is 1.00 bits per heavy atom. The van der Waals surface area contributed by atoms with E-state index in [2.05, 4.69) is 68.0 Å². The summed E-state index contributed by atoms with van der Waals surface area (Å²) >= 11 is 6.44. The van der Waals surface area contributed by atoms with Crippen LogP contribution in [0.4, 0.5) is 34.5 Å². The Balaban J connectivity index is 1.27. The second kappa shape index (κ2) is 12.2. The van der Waals surface area contributed by atoms with Gasteiger partial charge in [0.25, 0.3) is 0 Å². The fourth-order valence-electron chi connectivity index (χ4n) is 6.36. The molecule has 0 atom stereocenters. The number of nitrogens with one attached hydrogen (secondary N) is 3. The minimum absolute atomic E-state index is 0.386. The quantitative estimate of drug-likeness (QED) is 0.240. The van der Waals surface area contributed by atoms with E-state index in [-0.39, 0.29) is 0 Å². The second-order valence-corrected chi connectivity index (χ2v) is 15.8. The number of rotatable bonds is 8. The normalized spacial score (nSPS) is 17.6. The first-order valence-electron chi connectivity index (χ1n) is 14.5. The number of para-hydroxylation sites is 1. The Kier molecular flexibility index (Phi) is 8.84. The summed E-state index contributed by atoms with van der Waals surface area (Å²) in [4.78, 5) is 14.0. The van der Waals surface area contributed by atoms with Crippen LogP contribution >= 0.6 is 18.7 Å². The molecule has 8 nitrogen and oxygen atoms in total. The average Bonchev–Trinajstić information content (AvgIpc) is 2.95. The molecule has 3 N–H and O–H groups in total. The molecule has 10 heteroatoms. The molecule has 1 saturated carbocycles. The highest BCUT2D eigenvalue weighted by atomic mass is 35.5. The highest BCUT2D eigenvalue weighted by Gasteiger charge is 2.38. The Hall–Kier alpha value is -2.80. The summed E-state index contributed by atoms with van der Waals surface area (Å²) in [7, 11) is 3.91. The van der Waals surface area contributed by atoms with Crippen LogP contribution in [0.1, 0.15) is 38.5 Å². The summed E-state index contributed by atoms with van der Waals surface area (Å²) in [6.07, 6.45) is 9.45. The van der Waals surface area contributed by atoms with Crippen molar-refractivity contribution in [2.75, 3.05) is 68.4 Å². The summed E-state index contributed by atoms with van der Waals surface area (Å²) in [6, 6.07) is 14.6. The van der Waals surface area contributed by atoms with E-state index in [4.69, 9.17) is 11.6 Å². The van der Waals surface area contributed by atoms with Crippen molar-refractivity contribution >= 4 is 58.6 Å². The lowest BCUT2D eigenvalue weighted by molar-refractivity contribution is 0.0924. The lowest BCUT2D eigenvalue weighted by atomic mass is 9.66. The topological polar surface area (TPSA) is 85.4 Å². The van der Waals surface area contributed by atoms with Crippen LogP contribution in [-0.4, -0.2) is 68.5 Å². The van der Waals surface area contributed by atoms with Crippen LogP contribution in [0.5, 0.6) is 0 Å². The molecule has 1 spiro atoms. The molecule has 0 bridgehead atoms. The molecule has 1 aliphatic carbocycles. The summed E-state index contributed by atoms with van der Waals surface area (Å²) in [5.41, 5.74) is 4.44. The minimum Gasteiger partial charge on any atom is -0.386 e. The second-order valence-electron chi connectivity index (χ2n) is 12.2. The molecule has 41 heavy (non-hydrogen) atoms. The van der Waals surface area contributed by atoms with Gasteiger partial charge in [-0.3, -0.25) is 0 Å². The van der Waals surface area contributed by atoms with Gasteiger partial charge in [-0.1, -0.05) is 23.7 Å². The molecule has 2 heterocycles. The fourth-order valence-corrected chi connectivity index (χ4v) is 7.66. The van der Waals surface area contributed by atoms with Crippen LogP contribution in [0.3, 0.4) is 0 Å². The largest absolute Gasteiger partial charge is 0.386 e. The number of hydrogen-bond acceptors (Lipinski definition) is 8. The first kappa shape index (κ1) is 29.7. The van der Waals surface area contributed by atoms with Crippen LogP contribution in [0.2, 0.25) is 5.02 Å². The smallest absolute Gasteiger partial charge is 0.229 e. The highest BCUT2D eigenvalue weighted by molar-refractivity contribution is 7.70. The zero-order chi connectivity index (χ0) is 29.2. The first-order valence-corrected chi connectivity index (χ1v) is 17.5. The van der Waals surface area contributed by atoms with E-state index in [0.29, 0.717) is 22.2 Å². The van der Waals surface area contributed by atoms with Gasteiger partial charge in [0.15, 0.2) is 5.82 Å². The third-order valence-electron chi connectivity index (χ3n) is 8.91. The number of piperidine rings is 1. The molecule has 5 rings (SSSR count). The molecular formula is C31H43ClN7OP. The van der Waals surface area contributed by atoms with Crippen LogP contribution in [0, 0.1) is 5.41 Å². The average molecular weight is 596 g/mol. The van der Waals surface area contributed by atoms with Gasteiger partial charge in [0.1, 0.15) is 12.2 Å². The van der Waals surface area contributed by atoms with E-state index in [1.54, 1.807) is 19.5 Å². The predicted molar refractivity (Wildman–Crippen MR) is 175 cm³/mol. The number of nitrogens with zero attached hydrogens (tertiary/aromatic N) is 4. The summed E-state index contributed by atoms with van der Waals surface area (Å²) < 4.78 is 12.8. The van der Waals surface area contributed by atoms with Crippen LogP contribution in [0.15, 0.2) is 48.7 Å². The third-order valence-corrected chi connectivity index (χ3v) is 10.7. The molecule has 1 aliphatic heterocycles. The van der Waals surface area contributed by atoms with Crippen molar-refractivity contribution in [3.8, 4) is 0 Å². The maximum Gasteiger partial charge on any atom is 0.229 e. The van der Waals surface area contributed by atoms with Gasteiger partial charge in [0, 0.05) is 37.2 Å². The zero-order valence-corrected chi connectivity index (χ0v) is 26.5. The van der Waals surface area contributed by atoms with E-state index < -0.39 is 7.14 Å². The highest BCUT2D eigenvalue weighted by Crippen LogP contribution is 2.47. The van der Waals surface area contributed by atoms with E-state index in [1.165, 1.54) is 44.2 Å². The molecular weight excluding hydrogens is 553 g/mol.